The highest BCUT2D eigenvalue weighted by atomic mass is 19.1. The largest absolute Gasteiger partial charge is 0.459 e. The fraction of sp³-hybridized carbons (Fsp3) is 0.217. The summed E-state index contributed by atoms with van der Waals surface area (Å²) >= 11 is 0. The molecule has 0 fully saturated rings. The lowest BCUT2D eigenvalue weighted by Crippen LogP contribution is -2.27. The van der Waals surface area contributed by atoms with Crippen molar-refractivity contribution >= 4 is 16.9 Å². The average molecular weight is 392 g/mol. The third kappa shape index (κ3) is 3.92. The van der Waals surface area contributed by atoms with Crippen molar-refractivity contribution in [3.8, 4) is 11.3 Å². The van der Waals surface area contributed by atoms with Crippen LogP contribution in [0.2, 0.25) is 0 Å². The number of fused-ring (bicyclic) bond motifs is 1. The summed E-state index contributed by atoms with van der Waals surface area (Å²) in [5.74, 6) is 0.985. The maximum absolute atomic E-state index is 13.9. The second-order valence-corrected chi connectivity index (χ2v) is 6.97. The third-order valence-electron chi connectivity index (χ3n) is 4.91. The van der Waals surface area contributed by atoms with Crippen molar-refractivity contribution in [2.24, 2.45) is 0 Å². The minimum atomic E-state index is -0.372. The Labute approximate surface area is 167 Å². The van der Waals surface area contributed by atoms with E-state index in [9.17, 15) is 9.18 Å². The third-order valence-corrected chi connectivity index (χ3v) is 4.91. The Morgan fingerprint density at radius 3 is 2.69 bits per heavy atom. The van der Waals surface area contributed by atoms with Crippen LogP contribution in [-0.2, 0) is 11.2 Å². The Morgan fingerprint density at radius 2 is 1.90 bits per heavy atom. The molecule has 0 aliphatic heterocycles. The number of furan rings is 1. The summed E-state index contributed by atoms with van der Waals surface area (Å²) in [6.07, 6.45) is 2.01. The number of carbonyl (C=O) groups is 1. The van der Waals surface area contributed by atoms with Crippen LogP contribution in [0.15, 0.2) is 63.6 Å². The van der Waals surface area contributed by atoms with Crippen molar-refractivity contribution < 1.29 is 18.0 Å². The Hall–Kier alpha value is -3.41. The minimum Gasteiger partial charge on any atom is -0.459 e. The summed E-state index contributed by atoms with van der Waals surface area (Å²) in [6.45, 7) is 3.88. The van der Waals surface area contributed by atoms with Gasteiger partial charge in [-0.25, -0.2) is 9.37 Å². The number of para-hydroxylation sites is 1. The van der Waals surface area contributed by atoms with E-state index in [1.54, 1.807) is 18.2 Å². The number of nitrogens with one attached hydrogen (secondary N) is 1. The lowest BCUT2D eigenvalue weighted by molar-refractivity contribution is -0.121. The quantitative estimate of drug-likeness (QED) is 0.481. The van der Waals surface area contributed by atoms with Gasteiger partial charge in [-0.15, -0.1) is 0 Å². The standard InChI is InChI=1S/C23H21FN2O3/c1-14-16-7-4-6-10-19(16)29-23(14)15(2)26-21(27)11-12-22-25-13-20(28-22)17-8-3-5-9-18(17)24/h3-10,13,15H,11-12H2,1-2H3,(H,26,27). The molecule has 2 aromatic carbocycles. The normalized spacial score (nSPS) is 12.2. The predicted molar refractivity (Wildman–Crippen MR) is 108 cm³/mol. The number of benzene rings is 2. The van der Waals surface area contributed by atoms with Crippen molar-refractivity contribution in [2.75, 3.05) is 0 Å². The van der Waals surface area contributed by atoms with Gasteiger partial charge in [0, 0.05) is 23.8 Å². The van der Waals surface area contributed by atoms with Crippen molar-refractivity contribution in [3.63, 3.8) is 0 Å². The van der Waals surface area contributed by atoms with E-state index in [1.807, 2.05) is 38.1 Å². The Morgan fingerprint density at radius 1 is 1.14 bits per heavy atom. The zero-order valence-corrected chi connectivity index (χ0v) is 16.2. The molecule has 2 heterocycles. The second-order valence-electron chi connectivity index (χ2n) is 6.97. The fourth-order valence-corrected chi connectivity index (χ4v) is 3.42. The van der Waals surface area contributed by atoms with Crippen LogP contribution in [-0.4, -0.2) is 10.9 Å². The molecule has 0 saturated heterocycles. The maximum atomic E-state index is 13.9. The topological polar surface area (TPSA) is 68.3 Å². The molecule has 29 heavy (non-hydrogen) atoms. The number of carbonyl (C=O) groups excluding carboxylic acids is 1. The zero-order valence-electron chi connectivity index (χ0n) is 16.2. The van der Waals surface area contributed by atoms with Gasteiger partial charge >= 0.3 is 0 Å². The van der Waals surface area contributed by atoms with Crippen LogP contribution in [0, 0.1) is 12.7 Å². The number of aryl methyl sites for hydroxylation is 2. The van der Waals surface area contributed by atoms with E-state index in [4.69, 9.17) is 8.83 Å². The molecule has 0 spiro atoms. The van der Waals surface area contributed by atoms with Crippen LogP contribution in [0.5, 0.6) is 0 Å². The molecule has 0 bridgehead atoms. The van der Waals surface area contributed by atoms with Gasteiger partial charge in [-0.2, -0.15) is 0 Å². The molecule has 4 rings (SSSR count). The number of rotatable bonds is 6. The molecule has 0 aliphatic carbocycles. The number of hydrogen-bond donors (Lipinski definition) is 1. The highest BCUT2D eigenvalue weighted by Gasteiger charge is 2.19. The van der Waals surface area contributed by atoms with Crippen molar-refractivity contribution in [1.29, 1.82) is 0 Å². The Balaban J connectivity index is 1.38. The van der Waals surface area contributed by atoms with Gasteiger partial charge in [-0.1, -0.05) is 30.3 Å². The number of hydrogen-bond acceptors (Lipinski definition) is 4. The van der Waals surface area contributed by atoms with Crippen LogP contribution >= 0.6 is 0 Å². The van der Waals surface area contributed by atoms with Crippen molar-refractivity contribution in [1.82, 2.24) is 10.3 Å². The number of oxazole rings is 1. The van der Waals surface area contributed by atoms with Gasteiger partial charge in [-0.3, -0.25) is 4.79 Å². The molecule has 1 amide bonds. The first-order chi connectivity index (χ1) is 14.0. The lowest BCUT2D eigenvalue weighted by Gasteiger charge is -2.12. The molecule has 6 heteroatoms. The van der Waals surface area contributed by atoms with Gasteiger partial charge < -0.3 is 14.2 Å². The summed E-state index contributed by atoms with van der Waals surface area (Å²) in [6, 6.07) is 13.9. The predicted octanol–water partition coefficient (Wildman–Crippen LogP) is 5.35. The molecule has 4 aromatic rings. The summed E-state index contributed by atoms with van der Waals surface area (Å²) in [7, 11) is 0. The maximum Gasteiger partial charge on any atom is 0.221 e. The monoisotopic (exact) mass is 392 g/mol. The van der Waals surface area contributed by atoms with Crippen LogP contribution in [0.4, 0.5) is 4.39 Å². The Kier molecular flexibility index (Phi) is 5.16. The molecule has 5 nitrogen and oxygen atoms in total. The first-order valence-corrected chi connectivity index (χ1v) is 9.50. The number of aromatic nitrogens is 1. The lowest BCUT2D eigenvalue weighted by atomic mass is 10.1. The summed E-state index contributed by atoms with van der Waals surface area (Å²) in [5.41, 5.74) is 2.18. The first-order valence-electron chi connectivity index (χ1n) is 9.50. The molecular weight excluding hydrogens is 371 g/mol. The molecule has 2 aromatic heterocycles. The van der Waals surface area contributed by atoms with E-state index in [1.165, 1.54) is 12.3 Å². The molecule has 1 N–H and O–H groups in total. The van der Waals surface area contributed by atoms with Crippen LogP contribution in [0.1, 0.15) is 36.6 Å². The zero-order chi connectivity index (χ0) is 20.4. The van der Waals surface area contributed by atoms with E-state index in [2.05, 4.69) is 10.3 Å². The molecular formula is C23H21FN2O3. The van der Waals surface area contributed by atoms with Crippen LogP contribution in [0.3, 0.4) is 0 Å². The van der Waals surface area contributed by atoms with E-state index < -0.39 is 0 Å². The van der Waals surface area contributed by atoms with Crippen LogP contribution < -0.4 is 5.32 Å². The van der Waals surface area contributed by atoms with Gasteiger partial charge in [0.1, 0.15) is 17.2 Å². The van der Waals surface area contributed by atoms with E-state index >= 15 is 0 Å². The van der Waals surface area contributed by atoms with Crippen molar-refractivity contribution in [3.05, 3.63) is 77.8 Å². The van der Waals surface area contributed by atoms with E-state index in [-0.39, 0.29) is 24.2 Å². The van der Waals surface area contributed by atoms with E-state index in [0.717, 1.165) is 22.3 Å². The SMILES string of the molecule is Cc1c(C(C)NC(=O)CCc2ncc(-c3ccccc3F)o2)oc2ccccc12. The fourth-order valence-electron chi connectivity index (χ4n) is 3.42. The summed E-state index contributed by atoms with van der Waals surface area (Å²) in [4.78, 5) is 16.5. The number of amides is 1. The van der Waals surface area contributed by atoms with Gasteiger partial charge in [0.05, 0.1) is 17.8 Å². The minimum absolute atomic E-state index is 0.136. The Bertz CT molecular complexity index is 1160. The van der Waals surface area contributed by atoms with Gasteiger partial charge in [0.15, 0.2) is 11.7 Å². The molecule has 1 unspecified atom stereocenters. The molecule has 0 saturated carbocycles. The highest BCUT2D eigenvalue weighted by Crippen LogP contribution is 2.29. The van der Waals surface area contributed by atoms with E-state index in [0.29, 0.717) is 23.6 Å². The van der Waals surface area contributed by atoms with Gasteiger partial charge in [-0.05, 0) is 32.0 Å². The number of halogens is 1. The summed E-state index contributed by atoms with van der Waals surface area (Å²) < 4.78 is 25.4. The smallest absolute Gasteiger partial charge is 0.221 e. The highest BCUT2D eigenvalue weighted by molar-refractivity contribution is 5.82. The summed E-state index contributed by atoms with van der Waals surface area (Å²) in [5, 5.41) is 4.00. The first kappa shape index (κ1) is 18.9. The number of nitrogens with zero attached hydrogens (tertiary/aromatic N) is 1. The van der Waals surface area contributed by atoms with Crippen molar-refractivity contribution in [2.45, 2.75) is 32.7 Å². The second kappa shape index (κ2) is 7.91. The average Bonchev–Trinajstić information content (AvgIpc) is 3.32. The van der Waals surface area contributed by atoms with Gasteiger partial charge in [0.2, 0.25) is 5.91 Å². The molecule has 1 atom stereocenters. The molecule has 0 aliphatic rings. The van der Waals surface area contributed by atoms with Crippen LogP contribution in [0.25, 0.3) is 22.3 Å². The van der Waals surface area contributed by atoms with Gasteiger partial charge in [0.25, 0.3) is 0 Å². The molecule has 0 radical (unpaired) electrons. The molecule has 148 valence electrons.